The van der Waals surface area contributed by atoms with E-state index < -0.39 is 0 Å². The van der Waals surface area contributed by atoms with Crippen LogP contribution in [0.15, 0.2) is 78.9 Å². The van der Waals surface area contributed by atoms with Crippen LogP contribution < -0.4 is 0 Å². The molecule has 0 spiro atoms. The van der Waals surface area contributed by atoms with E-state index in [2.05, 4.69) is 0 Å². The zero-order valence-electron chi connectivity index (χ0n) is 10.4. The van der Waals surface area contributed by atoms with Crippen LogP contribution in [0.2, 0.25) is 0 Å². The second-order valence-electron chi connectivity index (χ2n) is 4.41. The SMILES string of the molecule is [O]c1cccc(-c2ccccc2)c1-c1ccccc1. The molecule has 1 radical (unpaired) electrons. The summed E-state index contributed by atoms with van der Waals surface area (Å²) in [5.41, 5.74) is 3.79. The van der Waals surface area contributed by atoms with E-state index in [9.17, 15) is 5.11 Å². The minimum absolute atomic E-state index is 0.0625. The van der Waals surface area contributed by atoms with Gasteiger partial charge in [-0.3, -0.25) is 5.11 Å². The molecule has 0 amide bonds. The largest absolute Gasteiger partial charge is 0.289 e. The minimum Gasteiger partial charge on any atom is -0.289 e. The Morgan fingerprint density at radius 1 is 0.526 bits per heavy atom. The van der Waals surface area contributed by atoms with Crippen LogP contribution >= 0.6 is 0 Å². The van der Waals surface area contributed by atoms with Crippen LogP contribution in [0.1, 0.15) is 0 Å². The third-order valence-electron chi connectivity index (χ3n) is 3.17. The van der Waals surface area contributed by atoms with Gasteiger partial charge in [-0.1, -0.05) is 72.8 Å². The highest BCUT2D eigenvalue weighted by atomic mass is 16.3. The highest BCUT2D eigenvalue weighted by Crippen LogP contribution is 2.38. The maximum Gasteiger partial charge on any atom is 0.187 e. The molecule has 0 aromatic heterocycles. The number of hydrogen-bond donors (Lipinski definition) is 0. The molecule has 0 aliphatic rings. The Morgan fingerprint density at radius 3 is 1.74 bits per heavy atom. The van der Waals surface area contributed by atoms with Crippen molar-refractivity contribution in [3.05, 3.63) is 78.9 Å². The van der Waals surface area contributed by atoms with Gasteiger partial charge in [0, 0.05) is 5.56 Å². The molecule has 1 nitrogen and oxygen atoms in total. The molecule has 0 atom stereocenters. The van der Waals surface area contributed by atoms with E-state index in [-0.39, 0.29) is 5.75 Å². The monoisotopic (exact) mass is 245 g/mol. The lowest BCUT2D eigenvalue weighted by molar-refractivity contribution is 0.357. The predicted octanol–water partition coefficient (Wildman–Crippen LogP) is 5.16. The molecule has 0 N–H and O–H groups in total. The fourth-order valence-corrected chi connectivity index (χ4v) is 2.29. The van der Waals surface area contributed by atoms with Gasteiger partial charge in [-0.15, -0.1) is 0 Å². The molecule has 0 aliphatic carbocycles. The Bertz CT molecular complexity index is 673. The van der Waals surface area contributed by atoms with E-state index in [1.165, 1.54) is 0 Å². The molecule has 1 heteroatoms. The lowest BCUT2D eigenvalue weighted by atomic mass is 9.94. The van der Waals surface area contributed by atoms with E-state index in [1.54, 1.807) is 6.07 Å². The molecule has 0 saturated carbocycles. The Morgan fingerprint density at radius 2 is 1.11 bits per heavy atom. The first-order chi connectivity index (χ1) is 9.36. The molecule has 0 fully saturated rings. The molecule has 0 unspecified atom stereocenters. The van der Waals surface area contributed by atoms with Gasteiger partial charge in [-0.25, -0.2) is 0 Å². The van der Waals surface area contributed by atoms with Gasteiger partial charge in [0.15, 0.2) is 5.75 Å². The van der Waals surface area contributed by atoms with Crippen molar-refractivity contribution < 1.29 is 5.11 Å². The fraction of sp³-hybridized carbons (Fsp3) is 0. The number of hydrogen-bond acceptors (Lipinski definition) is 0. The first-order valence-electron chi connectivity index (χ1n) is 6.27. The molecule has 3 rings (SSSR count). The van der Waals surface area contributed by atoms with Gasteiger partial charge in [0.2, 0.25) is 0 Å². The van der Waals surface area contributed by atoms with Crippen LogP contribution in [0.4, 0.5) is 0 Å². The van der Waals surface area contributed by atoms with Crippen LogP contribution in [-0.4, -0.2) is 0 Å². The second kappa shape index (κ2) is 4.99. The average molecular weight is 245 g/mol. The van der Waals surface area contributed by atoms with Crippen molar-refractivity contribution in [2.45, 2.75) is 0 Å². The highest BCUT2D eigenvalue weighted by molar-refractivity contribution is 5.87. The first kappa shape index (κ1) is 11.5. The van der Waals surface area contributed by atoms with Gasteiger partial charge in [0.25, 0.3) is 0 Å². The highest BCUT2D eigenvalue weighted by Gasteiger charge is 2.12. The van der Waals surface area contributed by atoms with Crippen molar-refractivity contribution in [2.24, 2.45) is 0 Å². The fourth-order valence-electron chi connectivity index (χ4n) is 2.29. The summed E-state index contributed by atoms with van der Waals surface area (Å²) >= 11 is 0. The smallest absolute Gasteiger partial charge is 0.187 e. The van der Waals surface area contributed by atoms with Crippen molar-refractivity contribution in [2.75, 3.05) is 0 Å². The van der Waals surface area contributed by atoms with Gasteiger partial charge >= 0.3 is 0 Å². The van der Waals surface area contributed by atoms with Gasteiger partial charge in [-0.2, -0.15) is 0 Å². The molecular weight excluding hydrogens is 232 g/mol. The molecule has 0 aliphatic heterocycles. The van der Waals surface area contributed by atoms with Crippen molar-refractivity contribution in [1.82, 2.24) is 0 Å². The molecule has 3 aromatic carbocycles. The first-order valence-corrected chi connectivity index (χ1v) is 6.27. The number of benzene rings is 3. The summed E-state index contributed by atoms with van der Waals surface area (Å²) in [5.74, 6) is 0.0625. The van der Waals surface area contributed by atoms with Gasteiger partial charge in [0.1, 0.15) is 0 Å². The van der Waals surface area contributed by atoms with Crippen LogP contribution in [-0.2, 0) is 5.11 Å². The predicted molar refractivity (Wildman–Crippen MR) is 77.4 cm³/mol. The van der Waals surface area contributed by atoms with Gasteiger partial charge < -0.3 is 0 Å². The van der Waals surface area contributed by atoms with E-state index in [4.69, 9.17) is 0 Å². The van der Waals surface area contributed by atoms with Gasteiger partial charge in [-0.05, 0) is 22.8 Å². The summed E-state index contributed by atoms with van der Waals surface area (Å²) in [7, 11) is 0. The maximum absolute atomic E-state index is 12.2. The van der Waals surface area contributed by atoms with Crippen LogP contribution in [0.3, 0.4) is 0 Å². The normalized spacial score (nSPS) is 10.3. The summed E-state index contributed by atoms with van der Waals surface area (Å²) in [6.07, 6.45) is 0. The summed E-state index contributed by atoms with van der Waals surface area (Å²) in [6, 6.07) is 25.3. The Kier molecular flexibility index (Phi) is 3.03. The van der Waals surface area contributed by atoms with Crippen LogP contribution in [0.25, 0.3) is 22.3 Å². The molecule has 19 heavy (non-hydrogen) atoms. The van der Waals surface area contributed by atoms with E-state index in [1.807, 2.05) is 72.8 Å². The third-order valence-corrected chi connectivity index (χ3v) is 3.17. The molecule has 0 bridgehead atoms. The van der Waals surface area contributed by atoms with Crippen molar-refractivity contribution in [3.63, 3.8) is 0 Å². The molecule has 3 aromatic rings. The number of rotatable bonds is 2. The minimum atomic E-state index is 0.0625. The van der Waals surface area contributed by atoms with Crippen LogP contribution in [0, 0.1) is 0 Å². The lowest BCUT2D eigenvalue weighted by Crippen LogP contribution is -1.85. The topological polar surface area (TPSA) is 19.9 Å². The lowest BCUT2D eigenvalue weighted by Gasteiger charge is -2.10. The standard InChI is InChI=1S/C18H13O/c19-17-13-7-12-16(14-8-3-1-4-9-14)18(17)15-10-5-2-6-11-15/h1-13H. The average Bonchev–Trinajstić information content (AvgIpc) is 2.49. The Labute approximate surface area is 112 Å². The van der Waals surface area contributed by atoms with Gasteiger partial charge in [0.05, 0.1) is 0 Å². The molecule has 0 heterocycles. The summed E-state index contributed by atoms with van der Waals surface area (Å²) in [5, 5.41) is 12.2. The maximum atomic E-state index is 12.2. The third kappa shape index (κ3) is 2.23. The van der Waals surface area contributed by atoms with E-state index >= 15 is 0 Å². The molecular formula is C18H13O. The Balaban J connectivity index is 2.25. The van der Waals surface area contributed by atoms with E-state index in [0.717, 1.165) is 22.3 Å². The van der Waals surface area contributed by atoms with Crippen molar-refractivity contribution in [1.29, 1.82) is 0 Å². The zero-order valence-corrected chi connectivity index (χ0v) is 10.4. The van der Waals surface area contributed by atoms with Crippen molar-refractivity contribution in [3.8, 4) is 28.0 Å². The zero-order chi connectivity index (χ0) is 13.1. The van der Waals surface area contributed by atoms with E-state index in [0.29, 0.717) is 0 Å². The quantitative estimate of drug-likeness (QED) is 0.594. The van der Waals surface area contributed by atoms with Crippen molar-refractivity contribution >= 4 is 0 Å². The Hall–Kier alpha value is -2.54. The summed E-state index contributed by atoms with van der Waals surface area (Å²) in [4.78, 5) is 0. The molecule has 91 valence electrons. The summed E-state index contributed by atoms with van der Waals surface area (Å²) in [6.45, 7) is 0. The second-order valence-corrected chi connectivity index (χ2v) is 4.41. The molecule has 0 saturated heterocycles. The van der Waals surface area contributed by atoms with Crippen LogP contribution in [0.5, 0.6) is 5.75 Å². The summed E-state index contributed by atoms with van der Waals surface area (Å²) < 4.78 is 0.